The summed E-state index contributed by atoms with van der Waals surface area (Å²) in [5, 5.41) is 5.15. The Labute approximate surface area is 147 Å². The van der Waals surface area contributed by atoms with E-state index in [0.717, 1.165) is 16.8 Å². The van der Waals surface area contributed by atoms with E-state index < -0.39 is 0 Å². The van der Waals surface area contributed by atoms with Gasteiger partial charge in [0, 0.05) is 29.7 Å². The Morgan fingerprint density at radius 1 is 0.958 bits per heavy atom. The van der Waals surface area contributed by atoms with E-state index in [2.05, 4.69) is 20.3 Å². The fraction of sp³-hybridized carbons (Fsp3) is 0. The first-order chi connectivity index (χ1) is 11.7. The lowest BCUT2D eigenvalue weighted by molar-refractivity contribution is 0.624. The van der Waals surface area contributed by atoms with Crippen LogP contribution in [0, 0.1) is 0 Å². The molecule has 0 saturated heterocycles. The van der Waals surface area contributed by atoms with E-state index in [1.807, 2.05) is 12.1 Å². The van der Waals surface area contributed by atoms with Crippen molar-refractivity contribution in [2.45, 2.75) is 0 Å². The van der Waals surface area contributed by atoms with Crippen molar-refractivity contribution in [2.75, 3.05) is 5.32 Å². The van der Waals surface area contributed by atoms with E-state index in [-0.39, 0.29) is 0 Å². The van der Waals surface area contributed by atoms with Crippen molar-refractivity contribution in [3.63, 3.8) is 0 Å². The summed E-state index contributed by atoms with van der Waals surface area (Å²) < 4.78 is 5.90. The maximum absolute atomic E-state index is 6.10. The Morgan fingerprint density at radius 3 is 2.58 bits per heavy atom. The zero-order valence-electron chi connectivity index (χ0n) is 12.2. The van der Waals surface area contributed by atoms with Crippen molar-refractivity contribution in [1.82, 2.24) is 15.0 Å². The summed E-state index contributed by atoms with van der Waals surface area (Å²) in [6.07, 6.45) is 6.68. The smallest absolute Gasteiger partial charge is 0.197 e. The topological polar surface area (TPSA) is 63.8 Å². The highest BCUT2D eigenvalue weighted by molar-refractivity contribution is 6.42. The molecule has 1 N–H and O–H groups in total. The average molecular weight is 357 g/mol. The lowest BCUT2D eigenvalue weighted by Gasteiger charge is -2.08. The van der Waals surface area contributed by atoms with Gasteiger partial charge in [-0.1, -0.05) is 23.2 Å². The molecule has 4 aromatic rings. The Morgan fingerprint density at radius 2 is 1.79 bits per heavy atom. The standard InChI is InChI=1S/C17H10Cl2N4O/c18-12-3-2-10(8-13(12)19)23-15-11-4-7-20-9-14(11)24-16(15)17-21-5-1-6-22-17/h1-9,23H. The Bertz CT molecular complexity index is 1020. The fourth-order valence-electron chi connectivity index (χ4n) is 2.37. The molecule has 0 fully saturated rings. The number of fused-ring (bicyclic) bond motifs is 1. The number of aromatic nitrogens is 3. The summed E-state index contributed by atoms with van der Waals surface area (Å²) in [4.78, 5) is 12.6. The lowest BCUT2D eigenvalue weighted by Crippen LogP contribution is -1.93. The SMILES string of the molecule is Clc1ccc(Nc2c(-c3ncccn3)oc3cnccc23)cc1Cl. The third-order valence-corrected chi connectivity index (χ3v) is 4.19. The quantitative estimate of drug-likeness (QED) is 0.537. The maximum Gasteiger partial charge on any atom is 0.197 e. The molecule has 4 rings (SSSR count). The summed E-state index contributed by atoms with van der Waals surface area (Å²) in [5.41, 5.74) is 2.17. The number of benzene rings is 1. The molecule has 0 radical (unpaired) electrons. The number of anilines is 2. The highest BCUT2D eigenvalue weighted by atomic mass is 35.5. The van der Waals surface area contributed by atoms with Crippen molar-refractivity contribution in [3.8, 4) is 11.6 Å². The van der Waals surface area contributed by atoms with E-state index in [4.69, 9.17) is 27.6 Å². The molecule has 1 aromatic carbocycles. The molecular weight excluding hydrogens is 347 g/mol. The van der Waals surface area contributed by atoms with Gasteiger partial charge in [0.25, 0.3) is 0 Å². The molecule has 5 nitrogen and oxygen atoms in total. The third-order valence-electron chi connectivity index (χ3n) is 3.45. The summed E-state index contributed by atoms with van der Waals surface area (Å²) in [5.74, 6) is 1.01. The molecule has 3 heterocycles. The highest BCUT2D eigenvalue weighted by Crippen LogP contribution is 2.38. The van der Waals surface area contributed by atoms with Crippen molar-refractivity contribution >= 4 is 45.5 Å². The molecule has 0 amide bonds. The van der Waals surface area contributed by atoms with Crippen LogP contribution in [0.1, 0.15) is 0 Å². The van der Waals surface area contributed by atoms with Crippen molar-refractivity contribution in [1.29, 1.82) is 0 Å². The third kappa shape index (κ3) is 2.68. The molecule has 3 aromatic heterocycles. The van der Waals surface area contributed by atoms with E-state index >= 15 is 0 Å². The van der Waals surface area contributed by atoms with Crippen LogP contribution in [-0.2, 0) is 0 Å². The zero-order chi connectivity index (χ0) is 16.5. The molecule has 24 heavy (non-hydrogen) atoms. The predicted molar refractivity (Wildman–Crippen MR) is 94.8 cm³/mol. The van der Waals surface area contributed by atoms with Gasteiger partial charge in [0.15, 0.2) is 17.2 Å². The number of pyridine rings is 1. The molecule has 0 saturated carbocycles. The number of rotatable bonds is 3. The number of furan rings is 1. The number of hydrogen-bond acceptors (Lipinski definition) is 5. The number of halogens is 2. The highest BCUT2D eigenvalue weighted by Gasteiger charge is 2.18. The zero-order valence-corrected chi connectivity index (χ0v) is 13.7. The summed E-state index contributed by atoms with van der Waals surface area (Å²) >= 11 is 12.1. The van der Waals surface area contributed by atoms with Crippen molar-refractivity contribution in [2.24, 2.45) is 0 Å². The van der Waals surface area contributed by atoms with Gasteiger partial charge >= 0.3 is 0 Å². The minimum Gasteiger partial charge on any atom is -0.449 e. The normalized spacial score (nSPS) is 10.9. The number of nitrogens with one attached hydrogen (secondary N) is 1. The van der Waals surface area contributed by atoms with E-state index in [1.165, 1.54) is 0 Å². The molecule has 7 heteroatoms. The molecule has 0 aliphatic carbocycles. The van der Waals surface area contributed by atoms with Gasteiger partial charge in [-0.15, -0.1) is 0 Å². The Hall–Kier alpha value is -2.63. The summed E-state index contributed by atoms with van der Waals surface area (Å²) in [7, 11) is 0. The van der Waals surface area contributed by atoms with Crippen LogP contribution in [0.2, 0.25) is 10.0 Å². The van der Waals surface area contributed by atoms with Gasteiger partial charge in [0.2, 0.25) is 0 Å². The molecule has 0 spiro atoms. The van der Waals surface area contributed by atoms with Crippen LogP contribution in [0.4, 0.5) is 11.4 Å². The number of hydrogen-bond donors (Lipinski definition) is 1. The van der Waals surface area contributed by atoms with Gasteiger partial charge in [-0.3, -0.25) is 4.98 Å². The maximum atomic E-state index is 6.10. The van der Waals surface area contributed by atoms with E-state index in [9.17, 15) is 0 Å². The van der Waals surface area contributed by atoms with Crippen LogP contribution in [0.3, 0.4) is 0 Å². The Balaban J connectivity index is 1.87. The van der Waals surface area contributed by atoms with Gasteiger partial charge in [-0.25, -0.2) is 9.97 Å². The largest absolute Gasteiger partial charge is 0.449 e. The summed E-state index contributed by atoms with van der Waals surface area (Å²) in [6.45, 7) is 0. The van der Waals surface area contributed by atoms with Gasteiger partial charge < -0.3 is 9.73 Å². The molecular formula is C17H10Cl2N4O. The molecule has 118 valence electrons. The van der Waals surface area contributed by atoms with Gasteiger partial charge in [0.1, 0.15) is 0 Å². The number of nitrogens with zero attached hydrogens (tertiary/aromatic N) is 3. The van der Waals surface area contributed by atoms with Gasteiger partial charge in [0.05, 0.1) is 21.9 Å². The van der Waals surface area contributed by atoms with Crippen LogP contribution in [-0.4, -0.2) is 15.0 Å². The van der Waals surface area contributed by atoms with E-state index in [0.29, 0.717) is 27.2 Å². The second kappa shape index (κ2) is 6.11. The van der Waals surface area contributed by atoms with Crippen LogP contribution >= 0.6 is 23.2 Å². The first kappa shape index (κ1) is 14.9. The monoisotopic (exact) mass is 356 g/mol. The van der Waals surface area contributed by atoms with Crippen molar-refractivity contribution < 1.29 is 4.42 Å². The lowest BCUT2D eigenvalue weighted by atomic mass is 10.2. The molecule has 0 bridgehead atoms. The molecule has 0 aliphatic heterocycles. The van der Waals surface area contributed by atoms with Crippen molar-refractivity contribution in [3.05, 3.63) is 65.2 Å². The van der Waals surface area contributed by atoms with Crippen LogP contribution in [0.15, 0.2) is 59.5 Å². The minimum atomic E-state index is 0.466. The van der Waals surface area contributed by atoms with Crippen LogP contribution in [0.5, 0.6) is 0 Å². The predicted octanol–water partition coefficient (Wildman–Crippen LogP) is 5.34. The molecule has 0 aliphatic rings. The minimum absolute atomic E-state index is 0.466. The van der Waals surface area contributed by atoms with Gasteiger partial charge in [-0.05, 0) is 30.3 Å². The first-order valence-corrected chi connectivity index (χ1v) is 7.84. The van der Waals surface area contributed by atoms with Crippen LogP contribution in [0.25, 0.3) is 22.6 Å². The second-order valence-electron chi connectivity index (χ2n) is 5.00. The summed E-state index contributed by atoms with van der Waals surface area (Å²) in [6, 6.07) is 8.93. The molecule has 0 unspecified atom stereocenters. The molecule has 0 atom stereocenters. The average Bonchev–Trinajstić information content (AvgIpc) is 2.98. The Kier molecular flexibility index (Phi) is 3.80. The second-order valence-corrected chi connectivity index (χ2v) is 5.82. The fourth-order valence-corrected chi connectivity index (χ4v) is 2.67. The van der Waals surface area contributed by atoms with Crippen LogP contribution < -0.4 is 5.32 Å². The van der Waals surface area contributed by atoms with E-state index in [1.54, 1.807) is 43.0 Å². The first-order valence-electron chi connectivity index (χ1n) is 7.08. The van der Waals surface area contributed by atoms with Gasteiger partial charge in [-0.2, -0.15) is 0 Å².